The van der Waals surface area contributed by atoms with Gasteiger partial charge in [-0.25, -0.2) is 0 Å². The van der Waals surface area contributed by atoms with Gasteiger partial charge in [0.25, 0.3) is 0 Å². The van der Waals surface area contributed by atoms with E-state index in [9.17, 15) is 19.2 Å². The maximum absolute atomic E-state index is 14.0. The Balaban J connectivity index is 1.59. The molecule has 7 heteroatoms. The lowest BCUT2D eigenvalue weighted by Crippen LogP contribution is -2.44. The summed E-state index contributed by atoms with van der Waals surface area (Å²) in [4.78, 5) is 54.3. The van der Waals surface area contributed by atoms with E-state index >= 15 is 0 Å². The summed E-state index contributed by atoms with van der Waals surface area (Å²) < 4.78 is 1.96. The lowest BCUT2D eigenvalue weighted by atomic mass is 9.93. The molecule has 1 aromatic heterocycles. The zero-order valence-corrected chi connectivity index (χ0v) is 24.1. The number of hydrogen-bond donors (Lipinski definition) is 1. The zero-order valence-electron chi connectivity index (χ0n) is 24.1. The van der Waals surface area contributed by atoms with Crippen LogP contribution in [0.3, 0.4) is 0 Å². The Morgan fingerprint density at radius 1 is 1.15 bits per heavy atom. The minimum absolute atomic E-state index is 0.00816. The van der Waals surface area contributed by atoms with E-state index in [2.05, 4.69) is 38.2 Å². The van der Waals surface area contributed by atoms with Crippen molar-refractivity contribution in [2.45, 2.75) is 111 Å². The van der Waals surface area contributed by atoms with E-state index in [-0.39, 0.29) is 41.4 Å². The van der Waals surface area contributed by atoms with Crippen LogP contribution in [0.2, 0.25) is 0 Å². The third-order valence-electron chi connectivity index (χ3n) is 9.42. The summed E-state index contributed by atoms with van der Waals surface area (Å²) in [5.41, 5.74) is 3.76. The molecule has 0 unspecified atom stereocenters. The largest absolute Gasteiger partial charge is 0.355 e. The average molecular weight is 534 g/mol. The molecule has 0 radical (unpaired) electrons. The van der Waals surface area contributed by atoms with E-state index in [1.165, 1.54) is 5.56 Å². The fourth-order valence-electron chi connectivity index (χ4n) is 7.04. The molecule has 1 saturated carbocycles. The van der Waals surface area contributed by atoms with Crippen molar-refractivity contribution in [2.75, 3.05) is 6.54 Å². The molecular formula is C32H43N3O4. The minimum Gasteiger partial charge on any atom is -0.355 e. The van der Waals surface area contributed by atoms with Crippen LogP contribution in [0.1, 0.15) is 107 Å². The van der Waals surface area contributed by atoms with E-state index in [1.807, 2.05) is 22.6 Å². The molecule has 4 atom stereocenters. The number of piperidine rings is 1. The molecule has 0 spiro atoms. The van der Waals surface area contributed by atoms with Crippen LogP contribution in [-0.4, -0.2) is 51.5 Å². The van der Waals surface area contributed by atoms with E-state index in [1.54, 1.807) is 6.92 Å². The SMILES string of the molecule is CCC(=O)[C@@H]1C[C@]23CNC(=O)C[C@H](C)CCCCc4cc(C(C)C)cc5c(C(C)=O)cn(c45)CC(=O)N1[C@@H]2C3. The number of aromatic nitrogens is 1. The molecule has 1 aromatic carbocycles. The number of Topliss-reactive ketones (excluding diaryl/α,β-unsaturated/α-hetero) is 2. The van der Waals surface area contributed by atoms with E-state index in [0.29, 0.717) is 43.2 Å². The van der Waals surface area contributed by atoms with E-state index < -0.39 is 6.04 Å². The van der Waals surface area contributed by atoms with E-state index in [0.717, 1.165) is 48.6 Å². The topological polar surface area (TPSA) is 88.5 Å². The third kappa shape index (κ3) is 5.17. The molecule has 3 heterocycles. The van der Waals surface area contributed by atoms with Gasteiger partial charge < -0.3 is 14.8 Å². The average Bonchev–Trinajstić information content (AvgIpc) is 3.30. The van der Waals surface area contributed by atoms with Crippen LogP contribution in [-0.2, 0) is 27.3 Å². The number of nitrogens with zero attached hydrogens (tertiary/aromatic N) is 2. The van der Waals surface area contributed by atoms with Crippen LogP contribution in [0.4, 0.5) is 0 Å². The van der Waals surface area contributed by atoms with Crippen molar-refractivity contribution < 1.29 is 19.2 Å². The van der Waals surface area contributed by atoms with Gasteiger partial charge in [-0.05, 0) is 61.6 Å². The van der Waals surface area contributed by atoms with Gasteiger partial charge in [0.2, 0.25) is 11.8 Å². The first kappa shape index (κ1) is 27.6. The number of aryl methyl sites for hydroxylation is 1. The summed E-state index contributed by atoms with van der Waals surface area (Å²) in [5.74, 6) is 0.654. The second kappa shape index (κ2) is 10.5. The zero-order chi connectivity index (χ0) is 28.1. The molecule has 5 rings (SSSR count). The number of nitrogens with one attached hydrogen (secondary N) is 1. The van der Waals surface area contributed by atoms with Gasteiger partial charge in [-0.15, -0.1) is 0 Å². The fraction of sp³-hybridized carbons (Fsp3) is 0.625. The number of amides is 2. The molecule has 3 aliphatic rings. The van der Waals surface area contributed by atoms with Crippen molar-refractivity contribution in [1.29, 1.82) is 0 Å². The number of hydrogen-bond acceptors (Lipinski definition) is 4. The van der Waals surface area contributed by atoms with Crippen LogP contribution < -0.4 is 5.32 Å². The Morgan fingerprint density at radius 3 is 2.62 bits per heavy atom. The molecule has 1 aliphatic carbocycles. The predicted molar refractivity (Wildman–Crippen MR) is 152 cm³/mol. The third-order valence-corrected chi connectivity index (χ3v) is 9.42. The van der Waals surface area contributed by atoms with Crippen molar-refractivity contribution in [3.8, 4) is 0 Å². The van der Waals surface area contributed by atoms with Gasteiger partial charge in [0.15, 0.2) is 11.6 Å². The van der Waals surface area contributed by atoms with Crippen molar-refractivity contribution >= 4 is 34.3 Å². The highest BCUT2D eigenvalue weighted by molar-refractivity contribution is 6.08. The summed E-state index contributed by atoms with van der Waals surface area (Å²) in [6.45, 7) is 10.5. The molecule has 7 nitrogen and oxygen atoms in total. The smallest absolute Gasteiger partial charge is 0.243 e. The highest BCUT2D eigenvalue weighted by Gasteiger charge is 2.66. The number of ketones is 2. The molecule has 2 bridgehead atoms. The Hall–Kier alpha value is -2.96. The van der Waals surface area contributed by atoms with Crippen LogP contribution in [0.15, 0.2) is 18.3 Å². The standard InChI is InChI=1S/C32H43N3O4/c1-6-27(37)26-14-32-15-28(32)35(26)30(39)17-34-16-25(21(5)36)24-13-23(19(2)3)12-22(31(24)34)10-8-7-9-20(4)11-29(38)33-18-32/h12-13,16,19-20,26,28H,6-11,14-15,17-18H2,1-5H3,(H,33,38)/t20-,26+,28-,32+/m1/s1. The first-order valence-electron chi connectivity index (χ1n) is 14.8. The van der Waals surface area contributed by atoms with Crippen LogP contribution in [0.25, 0.3) is 10.9 Å². The van der Waals surface area contributed by atoms with Gasteiger partial charge in [0.05, 0.1) is 11.6 Å². The molecular weight excluding hydrogens is 490 g/mol. The van der Waals surface area contributed by atoms with Gasteiger partial charge in [0.1, 0.15) is 6.54 Å². The molecule has 210 valence electrons. The predicted octanol–water partition coefficient (Wildman–Crippen LogP) is 5.17. The first-order chi connectivity index (χ1) is 18.5. The maximum atomic E-state index is 14.0. The normalized spacial score (nSPS) is 27.8. The molecule has 2 aromatic rings. The maximum Gasteiger partial charge on any atom is 0.243 e. The van der Waals surface area contributed by atoms with Gasteiger partial charge in [-0.2, -0.15) is 0 Å². The van der Waals surface area contributed by atoms with Crippen molar-refractivity contribution in [3.63, 3.8) is 0 Å². The van der Waals surface area contributed by atoms with Gasteiger partial charge >= 0.3 is 0 Å². The Labute approximate surface area is 231 Å². The van der Waals surface area contributed by atoms with Crippen LogP contribution >= 0.6 is 0 Å². The van der Waals surface area contributed by atoms with Crippen molar-refractivity contribution in [3.05, 3.63) is 35.0 Å². The Kier molecular flexibility index (Phi) is 7.47. The fourth-order valence-corrected chi connectivity index (χ4v) is 7.04. The highest BCUT2D eigenvalue weighted by Crippen LogP contribution is 2.59. The van der Waals surface area contributed by atoms with Gasteiger partial charge in [-0.3, -0.25) is 19.2 Å². The van der Waals surface area contributed by atoms with E-state index in [4.69, 9.17) is 0 Å². The molecule has 1 saturated heterocycles. The Morgan fingerprint density at radius 2 is 1.92 bits per heavy atom. The molecule has 1 N–H and O–H groups in total. The number of benzene rings is 1. The summed E-state index contributed by atoms with van der Waals surface area (Å²) in [7, 11) is 0. The molecule has 39 heavy (non-hydrogen) atoms. The summed E-state index contributed by atoms with van der Waals surface area (Å²) in [6, 6.07) is 3.89. The monoisotopic (exact) mass is 533 g/mol. The second-order valence-electron chi connectivity index (χ2n) is 12.7. The molecule has 2 aliphatic heterocycles. The van der Waals surface area contributed by atoms with Crippen LogP contribution in [0.5, 0.6) is 0 Å². The summed E-state index contributed by atoms with van der Waals surface area (Å²) >= 11 is 0. The number of rotatable bonds is 4. The first-order valence-corrected chi connectivity index (χ1v) is 14.8. The van der Waals surface area contributed by atoms with Gasteiger partial charge in [0, 0.05) is 48.0 Å². The summed E-state index contributed by atoms with van der Waals surface area (Å²) in [6.07, 6.45) is 7.97. The van der Waals surface area contributed by atoms with Gasteiger partial charge in [-0.1, -0.05) is 46.6 Å². The minimum atomic E-state index is -0.447. The van der Waals surface area contributed by atoms with Crippen LogP contribution in [0, 0.1) is 11.3 Å². The van der Waals surface area contributed by atoms with Crippen molar-refractivity contribution in [1.82, 2.24) is 14.8 Å². The number of carbonyl (C=O) groups is 4. The molecule has 2 fully saturated rings. The lowest BCUT2D eigenvalue weighted by molar-refractivity contribution is -0.139. The molecule has 2 amide bonds. The lowest BCUT2D eigenvalue weighted by Gasteiger charge is -2.27. The second-order valence-corrected chi connectivity index (χ2v) is 12.7. The highest BCUT2D eigenvalue weighted by atomic mass is 16.2. The number of carbonyl (C=O) groups excluding carboxylic acids is 4. The Bertz CT molecular complexity index is 1320. The summed E-state index contributed by atoms with van der Waals surface area (Å²) in [5, 5.41) is 4.06. The quantitative estimate of drug-likeness (QED) is 0.549. The van der Waals surface area contributed by atoms with Crippen molar-refractivity contribution in [2.24, 2.45) is 11.3 Å².